The molecule has 0 aromatic carbocycles. The molecule has 6 heavy (non-hydrogen) atoms. The Morgan fingerprint density at radius 1 is 1.83 bits per heavy atom. The molecule has 1 nitrogen and oxygen atoms in total. The molecule has 1 rings (SSSR count). The van der Waals surface area contributed by atoms with Crippen LogP contribution in [0.2, 0.25) is 0 Å². The van der Waals surface area contributed by atoms with Gasteiger partial charge in [-0.1, -0.05) is 0 Å². The van der Waals surface area contributed by atoms with Crippen molar-refractivity contribution < 1.29 is 0 Å². The fraction of sp³-hybridized carbons (Fsp3) is 0.600. The fourth-order valence-electron chi connectivity index (χ4n) is 0.744. The first kappa shape index (κ1) is 3.72. The summed E-state index contributed by atoms with van der Waals surface area (Å²) in [4.78, 5) is 2.16. The lowest BCUT2D eigenvalue weighted by molar-refractivity contribution is 0.435. The summed E-state index contributed by atoms with van der Waals surface area (Å²) in [5, 5.41) is 0. The molecule has 0 aromatic heterocycles. The van der Waals surface area contributed by atoms with Gasteiger partial charge in [-0.25, -0.2) is 0 Å². The Balaban J connectivity index is 2.46. The molecule has 0 aliphatic carbocycles. The van der Waals surface area contributed by atoms with E-state index in [0.29, 0.717) is 0 Å². The summed E-state index contributed by atoms with van der Waals surface area (Å²) in [6.07, 6.45) is 2.14. The molecule has 0 spiro atoms. The van der Waals surface area contributed by atoms with Crippen LogP contribution in [0.5, 0.6) is 0 Å². The van der Waals surface area contributed by atoms with Crippen LogP contribution < -0.4 is 0 Å². The van der Waals surface area contributed by atoms with E-state index in [1.54, 1.807) is 0 Å². The summed E-state index contributed by atoms with van der Waals surface area (Å²) in [7, 11) is 2.08. The fourth-order valence-corrected chi connectivity index (χ4v) is 0.744. The van der Waals surface area contributed by atoms with Crippen molar-refractivity contribution in [3.8, 4) is 0 Å². The number of rotatable bonds is 0. The molecule has 0 atom stereocenters. The molecule has 0 saturated heterocycles. The van der Waals surface area contributed by atoms with Crippen molar-refractivity contribution in [2.45, 2.75) is 6.92 Å². The zero-order valence-electron chi connectivity index (χ0n) is 4.23. The lowest BCUT2D eigenvalue weighted by Crippen LogP contribution is -2.22. The normalized spacial score (nSPS) is 19.7. The average Bonchev–Trinajstić information content (AvgIpc) is 1.33. The first-order chi connectivity index (χ1) is 2.79. The van der Waals surface area contributed by atoms with E-state index in [0.717, 1.165) is 0 Å². The summed E-state index contributed by atoms with van der Waals surface area (Å²) in [6, 6.07) is 0. The Labute approximate surface area is 38.3 Å². The predicted octanol–water partition coefficient (Wildman–Crippen LogP) is 0.836. The lowest BCUT2D eigenvalue weighted by atomic mass is 10.2. The Kier molecular flexibility index (Phi) is 0.621. The van der Waals surface area contributed by atoms with Crippen LogP contribution in [0.1, 0.15) is 6.92 Å². The van der Waals surface area contributed by atoms with E-state index >= 15 is 0 Å². The van der Waals surface area contributed by atoms with Gasteiger partial charge in [-0.2, -0.15) is 0 Å². The summed E-state index contributed by atoms with van der Waals surface area (Å²) in [6.45, 7) is 3.31. The van der Waals surface area contributed by atoms with Crippen LogP contribution in [-0.4, -0.2) is 18.5 Å². The van der Waals surface area contributed by atoms with E-state index < -0.39 is 0 Å². The van der Waals surface area contributed by atoms with Crippen LogP contribution >= 0.6 is 0 Å². The van der Waals surface area contributed by atoms with Gasteiger partial charge in [0.2, 0.25) is 0 Å². The van der Waals surface area contributed by atoms with Gasteiger partial charge >= 0.3 is 0 Å². The molecule has 0 aromatic rings. The van der Waals surface area contributed by atoms with Crippen molar-refractivity contribution in [3.63, 3.8) is 0 Å². The van der Waals surface area contributed by atoms with Crippen molar-refractivity contribution in [2.24, 2.45) is 0 Å². The molecule has 0 N–H and O–H groups in total. The summed E-state index contributed by atoms with van der Waals surface area (Å²) < 4.78 is 0. The summed E-state index contributed by atoms with van der Waals surface area (Å²) in [5.41, 5.74) is 1.48. The molecular formula is C5H9N. The first-order valence-electron chi connectivity index (χ1n) is 2.16. The SMILES string of the molecule is CC1=CN(C)C1. The predicted molar refractivity (Wildman–Crippen MR) is 26.4 cm³/mol. The standard InChI is InChI=1S/C5H9N/c1-5-3-6(2)4-5/h3H,4H2,1-2H3. The van der Waals surface area contributed by atoms with Crippen LogP contribution in [0.25, 0.3) is 0 Å². The van der Waals surface area contributed by atoms with Crippen molar-refractivity contribution in [1.82, 2.24) is 4.90 Å². The molecule has 1 aliphatic heterocycles. The zero-order valence-corrected chi connectivity index (χ0v) is 4.23. The smallest absolute Gasteiger partial charge is 0.0394 e. The number of hydrogen-bond acceptors (Lipinski definition) is 1. The molecule has 1 heterocycles. The summed E-state index contributed by atoms with van der Waals surface area (Å²) >= 11 is 0. The van der Waals surface area contributed by atoms with Gasteiger partial charge in [-0.3, -0.25) is 0 Å². The van der Waals surface area contributed by atoms with Crippen molar-refractivity contribution in [2.75, 3.05) is 13.6 Å². The molecular weight excluding hydrogens is 74.1 g/mol. The second-order valence-electron chi connectivity index (χ2n) is 1.89. The van der Waals surface area contributed by atoms with Gasteiger partial charge in [0.15, 0.2) is 0 Å². The third-order valence-corrected chi connectivity index (χ3v) is 0.940. The highest BCUT2D eigenvalue weighted by Gasteiger charge is 2.02. The van der Waals surface area contributed by atoms with Crippen LogP contribution in [0, 0.1) is 0 Å². The Morgan fingerprint density at radius 3 is 2.33 bits per heavy atom. The third-order valence-electron chi connectivity index (χ3n) is 0.940. The molecule has 0 amide bonds. The maximum absolute atomic E-state index is 2.16. The topological polar surface area (TPSA) is 3.24 Å². The molecule has 0 fully saturated rings. The van der Waals surface area contributed by atoms with Gasteiger partial charge in [-0.15, -0.1) is 0 Å². The van der Waals surface area contributed by atoms with Crippen molar-refractivity contribution in [3.05, 3.63) is 11.8 Å². The second kappa shape index (κ2) is 1.00. The highest BCUT2D eigenvalue weighted by atomic mass is 15.1. The minimum Gasteiger partial charge on any atom is -0.376 e. The molecule has 0 radical (unpaired) electrons. The maximum Gasteiger partial charge on any atom is 0.0394 e. The van der Waals surface area contributed by atoms with E-state index in [9.17, 15) is 0 Å². The summed E-state index contributed by atoms with van der Waals surface area (Å²) in [5.74, 6) is 0. The zero-order chi connectivity index (χ0) is 4.57. The number of hydrogen-bond donors (Lipinski definition) is 0. The van der Waals surface area contributed by atoms with Gasteiger partial charge in [0, 0.05) is 13.6 Å². The van der Waals surface area contributed by atoms with Crippen LogP contribution in [0.15, 0.2) is 11.8 Å². The molecule has 34 valence electrons. The van der Waals surface area contributed by atoms with Gasteiger partial charge in [-0.05, 0) is 18.7 Å². The second-order valence-corrected chi connectivity index (χ2v) is 1.89. The minimum atomic E-state index is 1.17. The van der Waals surface area contributed by atoms with E-state index in [4.69, 9.17) is 0 Å². The third kappa shape index (κ3) is 0.402. The number of likely N-dealkylation sites (N-methyl/N-ethyl adjacent to an activating group) is 1. The monoisotopic (exact) mass is 83.1 g/mol. The lowest BCUT2D eigenvalue weighted by Gasteiger charge is -2.24. The largest absolute Gasteiger partial charge is 0.376 e. The van der Waals surface area contributed by atoms with Crippen LogP contribution in [0.3, 0.4) is 0 Å². The Hall–Kier alpha value is -0.460. The van der Waals surface area contributed by atoms with E-state index in [-0.39, 0.29) is 0 Å². The van der Waals surface area contributed by atoms with Gasteiger partial charge in [0.05, 0.1) is 0 Å². The number of nitrogens with zero attached hydrogens (tertiary/aromatic N) is 1. The van der Waals surface area contributed by atoms with Crippen LogP contribution in [0.4, 0.5) is 0 Å². The highest BCUT2D eigenvalue weighted by Crippen LogP contribution is 2.06. The average molecular weight is 83.1 g/mol. The minimum absolute atomic E-state index is 1.17. The molecule has 0 bridgehead atoms. The Morgan fingerprint density at radius 2 is 2.33 bits per heavy atom. The quantitative estimate of drug-likeness (QED) is 0.419. The van der Waals surface area contributed by atoms with Crippen molar-refractivity contribution in [1.29, 1.82) is 0 Å². The molecule has 1 aliphatic rings. The molecule has 0 saturated carbocycles. The van der Waals surface area contributed by atoms with Gasteiger partial charge in [0.1, 0.15) is 0 Å². The van der Waals surface area contributed by atoms with E-state index in [1.165, 1.54) is 12.1 Å². The van der Waals surface area contributed by atoms with Crippen molar-refractivity contribution >= 4 is 0 Å². The maximum atomic E-state index is 2.16. The Bertz CT molecular complexity index is 83.9. The van der Waals surface area contributed by atoms with Crippen LogP contribution in [-0.2, 0) is 0 Å². The molecule has 1 heteroatoms. The van der Waals surface area contributed by atoms with E-state index in [1.807, 2.05) is 0 Å². The van der Waals surface area contributed by atoms with E-state index in [2.05, 4.69) is 25.1 Å². The highest BCUT2D eigenvalue weighted by molar-refractivity contribution is 5.09. The molecule has 0 unspecified atom stereocenters. The van der Waals surface area contributed by atoms with Gasteiger partial charge in [0.25, 0.3) is 0 Å². The first-order valence-corrected chi connectivity index (χ1v) is 2.16. The van der Waals surface area contributed by atoms with Gasteiger partial charge < -0.3 is 4.90 Å².